The van der Waals surface area contributed by atoms with Crippen molar-refractivity contribution < 1.29 is 14.4 Å². The number of benzene rings is 1. The summed E-state index contributed by atoms with van der Waals surface area (Å²) < 4.78 is 0. The minimum absolute atomic E-state index is 0.0321. The molecule has 8 rings (SSSR count). The number of halogens is 1. The number of anilines is 3. The van der Waals surface area contributed by atoms with E-state index in [4.69, 9.17) is 11.6 Å². The number of Topliss-reactive ketones (excluding diaryl/α,β-unsaturated/α-hetero) is 1. The highest BCUT2D eigenvalue weighted by molar-refractivity contribution is 6.31. The van der Waals surface area contributed by atoms with E-state index in [-0.39, 0.29) is 23.8 Å². The van der Waals surface area contributed by atoms with E-state index in [1.165, 1.54) is 44.9 Å². The number of carbonyl (C=O) groups excluding carboxylic acids is 3. The zero-order chi connectivity index (χ0) is 30.3. The maximum atomic E-state index is 13.8. The summed E-state index contributed by atoms with van der Waals surface area (Å²) in [5.74, 6) is 3.67. The average Bonchev–Trinajstić information content (AvgIpc) is 3.12. The van der Waals surface area contributed by atoms with Gasteiger partial charge >= 0.3 is 0 Å². The number of ketones is 1. The lowest BCUT2D eigenvalue weighted by Crippen LogP contribution is -2.50. The van der Waals surface area contributed by atoms with Crippen molar-refractivity contribution >= 4 is 46.4 Å². The molecule has 0 spiro atoms. The van der Waals surface area contributed by atoms with Crippen LogP contribution in [0.5, 0.6) is 0 Å². The van der Waals surface area contributed by atoms with E-state index in [0.29, 0.717) is 45.9 Å². The van der Waals surface area contributed by atoms with Crippen LogP contribution in [-0.2, 0) is 9.59 Å². The third-order valence-corrected chi connectivity index (χ3v) is 11.4. The fourth-order valence-electron chi connectivity index (χ4n) is 9.37. The smallest absolute Gasteiger partial charge is 0.257 e. The summed E-state index contributed by atoms with van der Waals surface area (Å²) in [6.45, 7) is 3.78. The van der Waals surface area contributed by atoms with E-state index in [1.807, 2.05) is 0 Å². The van der Waals surface area contributed by atoms with Crippen LogP contribution in [0.25, 0.3) is 0 Å². The number of likely N-dealkylation sites (tertiary alicyclic amines) is 1. The Morgan fingerprint density at radius 1 is 1.02 bits per heavy atom. The quantitative estimate of drug-likeness (QED) is 0.307. The molecule has 0 atom stereocenters. The molecule has 3 heterocycles. The molecule has 9 heteroatoms. The molecule has 0 unspecified atom stereocenters. The molecule has 4 aliphatic carbocycles. The van der Waals surface area contributed by atoms with Crippen LogP contribution in [0.4, 0.5) is 17.2 Å². The molecule has 4 saturated carbocycles. The Hall–Kier alpha value is -2.81. The molecule has 2 amide bonds. The van der Waals surface area contributed by atoms with E-state index in [0.717, 1.165) is 63.2 Å². The van der Waals surface area contributed by atoms with Crippen molar-refractivity contribution in [2.75, 3.05) is 42.9 Å². The van der Waals surface area contributed by atoms with Crippen LogP contribution >= 0.6 is 11.6 Å². The number of piperidine rings is 1. The number of rotatable bonds is 10. The van der Waals surface area contributed by atoms with E-state index in [9.17, 15) is 14.4 Å². The fraction of sp³-hybridized carbons (Fsp3) is 0.600. The van der Waals surface area contributed by atoms with Gasteiger partial charge in [0.1, 0.15) is 5.78 Å². The van der Waals surface area contributed by atoms with Crippen molar-refractivity contribution in [2.24, 2.45) is 29.1 Å². The number of hydrogen-bond acceptors (Lipinski definition) is 6. The summed E-state index contributed by atoms with van der Waals surface area (Å²) in [5, 5.41) is 6.88. The molecule has 5 fully saturated rings. The first-order valence-electron chi connectivity index (χ1n) is 16.7. The molecule has 6 aliphatic rings. The van der Waals surface area contributed by atoms with Gasteiger partial charge in [0.15, 0.2) is 5.82 Å². The molecule has 2 N–H and O–H groups in total. The van der Waals surface area contributed by atoms with E-state index in [1.54, 1.807) is 41.4 Å². The number of aromatic nitrogens is 1. The van der Waals surface area contributed by atoms with Crippen molar-refractivity contribution in [1.82, 2.24) is 15.2 Å². The zero-order valence-electron chi connectivity index (χ0n) is 25.5. The van der Waals surface area contributed by atoms with Crippen molar-refractivity contribution in [3.63, 3.8) is 0 Å². The van der Waals surface area contributed by atoms with Crippen LogP contribution in [0.1, 0.15) is 81.0 Å². The van der Waals surface area contributed by atoms with Gasteiger partial charge in [-0.15, -0.1) is 0 Å². The lowest BCUT2D eigenvalue weighted by molar-refractivity contribution is -0.143. The summed E-state index contributed by atoms with van der Waals surface area (Å²) in [7, 11) is 0. The molecule has 1 aromatic carbocycles. The Bertz CT molecular complexity index is 1390. The largest absolute Gasteiger partial charge is 0.319 e. The highest BCUT2D eigenvalue weighted by atomic mass is 35.5. The molecular weight excluding hydrogens is 574 g/mol. The Morgan fingerprint density at radius 2 is 1.75 bits per heavy atom. The molecule has 4 bridgehead atoms. The van der Waals surface area contributed by atoms with Gasteiger partial charge in [-0.25, -0.2) is 4.98 Å². The first kappa shape index (κ1) is 29.9. The topological polar surface area (TPSA) is 94.6 Å². The summed E-state index contributed by atoms with van der Waals surface area (Å²) >= 11 is 6.20. The van der Waals surface area contributed by atoms with Crippen LogP contribution in [0.15, 0.2) is 36.5 Å². The van der Waals surface area contributed by atoms with E-state index >= 15 is 0 Å². The van der Waals surface area contributed by atoms with Crippen LogP contribution in [0.3, 0.4) is 0 Å². The Balaban J connectivity index is 0.854. The summed E-state index contributed by atoms with van der Waals surface area (Å²) in [6, 6.07) is 8.52. The molecule has 2 aliphatic heterocycles. The molecule has 1 aromatic heterocycles. The molecule has 1 saturated heterocycles. The van der Waals surface area contributed by atoms with Gasteiger partial charge in [0.25, 0.3) is 5.91 Å². The second-order valence-electron chi connectivity index (χ2n) is 14.2. The SMILES string of the molecule is O=C1Nc2cccnc2N(C(=O)CN2CCC(CCCNCCC(=O)C34CC5CC(CC(C5)C3)C4)CC2)c2ccc(Cl)cc21. The second kappa shape index (κ2) is 12.5. The van der Waals surface area contributed by atoms with Crippen molar-refractivity contribution in [2.45, 2.75) is 70.6 Å². The second-order valence-corrected chi connectivity index (χ2v) is 14.6. The fourth-order valence-corrected chi connectivity index (χ4v) is 9.54. The molecule has 234 valence electrons. The van der Waals surface area contributed by atoms with E-state index < -0.39 is 0 Å². The number of nitrogens with one attached hydrogen (secondary N) is 2. The zero-order valence-corrected chi connectivity index (χ0v) is 26.3. The van der Waals surface area contributed by atoms with E-state index in [2.05, 4.69) is 20.5 Å². The van der Waals surface area contributed by atoms with Crippen molar-refractivity contribution in [3.8, 4) is 0 Å². The third-order valence-electron chi connectivity index (χ3n) is 11.1. The number of fused-ring (bicyclic) bond motifs is 2. The molecule has 8 nitrogen and oxygen atoms in total. The minimum Gasteiger partial charge on any atom is -0.319 e. The lowest BCUT2D eigenvalue weighted by atomic mass is 9.48. The van der Waals surface area contributed by atoms with Crippen molar-refractivity contribution in [3.05, 3.63) is 47.1 Å². The minimum atomic E-state index is -0.309. The Labute approximate surface area is 265 Å². The van der Waals surface area contributed by atoms with Gasteiger partial charge in [-0.1, -0.05) is 11.6 Å². The van der Waals surface area contributed by atoms with Gasteiger partial charge in [-0.05, 0) is 138 Å². The number of carbonyl (C=O) groups is 3. The lowest BCUT2D eigenvalue weighted by Gasteiger charge is -2.56. The van der Waals surface area contributed by atoms with Crippen molar-refractivity contribution in [1.29, 1.82) is 0 Å². The van der Waals surface area contributed by atoms with Crippen LogP contribution in [0.2, 0.25) is 5.02 Å². The predicted octanol–water partition coefficient (Wildman–Crippen LogP) is 6.22. The number of pyridine rings is 1. The van der Waals surface area contributed by atoms with Gasteiger partial charge < -0.3 is 10.6 Å². The Morgan fingerprint density at radius 3 is 2.48 bits per heavy atom. The summed E-state index contributed by atoms with van der Waals surface area (Å²) in [5.41, 5.74) is 1.39. The molecule has 0 radical (unpaired) electrons. The number of hydrogen-bond donors (Lipinski definition) is 2. The highest BCUT2D eigenvalue weighted by Crippen LogP contribution is 2.60. The summed E-state index contributed by atoms with van der Waals surface area (Å²) in [6.07, 6.45) is 14.4. The van der Waals surface area contributed by atoms with Gasteiger partial charge in [-0.2, -0.15) is 0 Å². The monoisotopic (exact) mass is 617 g/mol. The first-order chi connectivity index (χ1) is 21.4. The standard InChI is InChI=1S/C35H44ClN5O3/c36-27-5-6-30-28(18-27)34(44)39-29-4-2-11-38-33(29)41(30)32(43)22-40-13-8-23(9-14-40)3-1-10-37-12-7-31(42)35-19-24-15-25(20-35)17-26(16-24)21-35/h2,4-6,11,18,23-26,37H,1,3,7-10,12-17,19-22H2,(H,39,44). The van der Waals surface area contributed by atoms with Crippen LogP contribution in [-0.4, -0.2) is 60.2 Å². The van der Waals surface area contributed by atoms with Gasteiger partial charge in [0.2, 0.25) is 5.91 Å². The number of amides is 2. The van der Waals surface area contributed by atoms with Crippen LogP contribution < -0.4 is 15.5 Å². The summed E-state index contributed by atoms with van der Waals surface area (Å²) in [4.78, 5) is 48.2. The molecule has 44 heavy (non-hydrogen) atoms. The predicted molar refractivity (Wildman–Crippen MR) is 172 cm³/mol. The Kier molecular flexibility index (Phi) is 8.51. The normalized spacial score (nSPS) is 27.9. The maximum absolute atomic E-state index is 13.8. The first-order valence-corrected chi connectivity index (χ1v) is 17.1. The number of nitrogens with zero attached hydrogens (tertiary/aromatic N) is 3. The van der Waals surface area contributed by atoms with Crippen LogP contribution in [0, 0.1) is 29.1 Å². The van der Waals surface area contributed by atoms with Gasteiger partial charge in [0.05, 0.1) is 23.5 Å². The maximum Gasteiger partial charge on any atom is 0.257 e. The van der Waals surface area contributed by atoms with Gasteiger partial charge in [0, 0.05) is 29.6 Å². The van der Waals surface area contributed by atoms with Gasteiger partial charge in [-0.3, -0.25) is 24.2 Å². The molecule has 2 aromatic rings. The average molecular weight is 618 g/mol. The third kappa shape index (κ3) is 6.05. The molecular formula is C35H44ClN5O3. The highest BCUT2D eigenvalue weighted by Gasteiger charge is 2.53.